The second-order valence-electron chi connectivity index (χ2n) is 6.15. The molecule has 0 fully saturated rings. The molecule has 2 aromatic rings. The standard InChI is InChI=1S/C23H25N3O3/c1-4-26(5-2)19-13-11-17(12-14-19)15-18(16-24)22(27)25-21-10-8-7-9-20(21)23(28)29-6-3/h7-15H,4-6H2,1-3H3,(H,25,27). The second-order valence-corrected chi connectivity index (χ2v) is 6.15. The lowest BCUT2D eigenvalue weighted by Crippen LogP contribution is -2.21. The highest BCUT2D eigenvalue weighted by atomic mass is 16.5. The van der Waals surface area contributed by atoms with E-state index < -0.39 is 11.9 Å². The van der Waals surface area contributed by atoms with E-state index in [1.54, 1.807) is 31.2 Å². The average Bonchev–Trinajstić information content (AvgIpc) is 2.74. The lowest BCUT2D eigenvalue weighted by Gasteiger charge is -2.20. The summed E-state index contributed by atoms with van der Waals surface area (Å²) in [6, 6.07) is 16.1. The molecule has 0 saturated heterocycles. The van der Waals surface area contributed by atoms with Crippen molar-refractivity contribution in [3.05, 3.63) is 65.2 Å². The van der Waals surface area contributed by atoms with E-state index in [-0.39, 0.29) is 17.7 Å². The van der Waals surface area contributed by atoms with Crippen molar-refractivity contribution in [3.8, 4) is 6.07 Å². The van der Waals surface area contributed by atoms with Gasteiger partial charge in [-0.25, -0.2) is 4.79 Å². The summed E-state index contributed by atoms with van der Waals surface area (Å²) in [6.07, 6.45) is 1.52. The van der Waals surface area contributed by atoms with Gasteiger partial charge in [-0.3, -0.25) is 4.79 Å². The fourth-order valence-corrected chi connectivity index (χ4v) is 2.85. The number of benzene rings is 2. The Kier molecular flexibility index (Phi) is 7.99. The number of rotatable bonds is 8. The first-order chi connectivity index (χ1) is 14.0. The number of carbonyl (C=O) groups excluding carboxylic acids is 2. The molecule has 2 aromatic carbocycles. The Balaban J connectivity index is 2.22. The molecular formula is C23H25N3O3. The number of anilines is 2. The van der Waals surface area contributed by atoms with Crippen LogP contribution in [-0.2, 0) is 9.53 Å². The summed E-state index contributed by atoms with van der Waals surface area (Å²) in [6.45, 7) is 7.91. The van der Waals surface area contributed by atoms with Gasteiger partial charge in [0, 0.05) is 18.8 Å². The van der Waals surface area contributed by atoms with Crippen LogP contribution in [0.5, 0.6) is 0 Å². The molecule has 0 bridgehead atoms. The predicted octanol–water partition coefficient (Wildman–Crippen LogP) is 4.26. The number of nitriles is 1. The number of hydrogen-bond donors (Lipinski definition) is 1. The molecule has 0 aliphatic heterocycles. The molecule has 150 valence electrons. The second kappa shape index (κ2) is 10.7. The smallest absolute Gasteiger partial charge is 0.340 e. The van der Waals surface area contributed by atoms with E-state index in [9.17, 15) is 14.9 Å². The zero-order valence-electron chi connectivity index (χ0n) is 16.9. The number of carbonyl (C=O) groups is 2. The molecule has 0 saturated carbocycles. The third-order valence-electron chi connectivity index (χ3n) is 4.37. The molecular weight excluding hydrogens is 366 g/mol. The van der Waals surface area contributed by atoms with Crippen LogP contribution in [0.3, 0.4) is 0 Å². The van der Waals surface area contributed by atoms with Crippen LogP contribution in [0.25, 0.3) is 6.08 Å². The Labute approximate surface area is 171 Å². The third-order valence-corrected chi connectivity index (χ3v) is 4.37. The monoisotopic (exact) mass is 391 g/mol. The fourth-order valence-electron chi connectivity index (χ4n) is 2.85. The minimum atomic E-state index is -0.586. The summed E-state index contributed by atoms with van der Waals surface area (Å²) < 4.78 is 5.01. The molecule has 1 N–H and O–H groups in total. The van der Waals surface area contributed by atoms with Crippen LogP contribution in [0.2, 0.25) is 0 Å². The van der Waals surface area contributed by atoms with Crippen LogP contribution < -0.4 is 10.2 Å². The first-order valence-corrected chi connectivity index (χ1v) is 9.58. The maximum absolute atomic E-state index is 12.6. The number of nitrogens with one attached hydrogen (secondary N) is 1. The third kappa shape index (κ3) is 5.69. The summed E-state index contributed by atoms with van der Waals surface area (Å²) >= 11 is 0. The van der Waals surface area contributed by atoms with Crippen LogP contribution in [0.15, 0.2) is 54.1 Å². The minimum absolute atomic E-state index is 0.0562. The van der Waals surface area contributed by atoms with E-state index in [0.29, 0.717) is 5.69 Å². The molecule has 6 heteroatoms. The number of ether oxygens (including phenoxy) is 1. The molecule has 1 amide bonds. The molecule has 6 nitrogen and oxygen atoms in total. The zero-order chi connectivity index (χ0) is 21.2. The minimum Gasteiger partial charge on any atom is -0.462 e. The Morgan fingerprint density at radius 3 is 2.31 bits per heavy atom. The van der Waals surface area contributed by atoms with Crippen LogP contribution in [0, 0.1) is 11.3 Å². The number of para-hydroxylation sites is 1. The SMILES string of the molecule is CCOC(=O)c1ccccc1NC(=O)C(C#N)=Cc1ccc(N(CC)CC)cc1. The molecule has 0 aromatic heterocycles. The van der Waals surface area contributed by atoms with Gasteiger partial charge in [0.15, 0.2) is 0 Å². The van der Waals surface area contributed by atoms with Gasteiger partial charge in [0.05, 0.1) is 17.9 Å². The van der Waals surface area contributed by atoms with Crippen LogP contribution in [0.1, 0.15) is 36.7 Å². The topological polar surface area (TPSA) is 82.4 Å². The van der Waals surface area contributed by atoms with Crippen molar-refractivity contribution in [2.75, 3.05) is 29.9 Å². The average molecular weight is 391 g/mol. The highest BCUT2D eigenvalue weighted by molar-refractivity contribution is 6.12. The molecule has 0 aliphatic carbocycles. The Morgan fingerprint density at radius 2 is 1.72 bits per heavy atom. The molecule has 0 radical (unpaired) electrons. The predicted molar refractivity (Wildman–Crippen MR) is 115 cm³/mol. The Hall–Kier alpha value is -3.59. The summed E-state index contributed by atoms with van der Waals surface area (Å²) in [7, 11) is 0. The molecule has 0 heterocycles. The van der Waals surface area contributed by atoms with Gasteiger partial charge >= 0.3 is 5.97 Å². The first kappa shape index (κ1) is 21.7. The van der Waals surface area contributed by atoms with E-state index >= 15 is 0 Å². The van der Waals surface area contributed by atoms with E-state index in [4.69, 9.17) is 4.74 Å². The van der Waals surface area contributed by atoms with E-state index in [0.717, 1.165) is 24.3 Å². The Bertz CT molecular complexity index is 923. The van der Waals surface area contributed by atoms with Crippen LogP contribution in [0.4, 0.5) is 11.4 Å². The van der Waals surface area contributed by atoms with Crippen molar-refractivity contribution in [3.63, 3.8) is 0 Å². The first-order valence-electron chi connectivity index (χ1n) is 9.58. The lowest BCUT2D eigenvalue weighted by molar-refractivity contribution is -0.112. The van der Waals surface area contributed by atoms with E-state index in [1.165, 1.54) is 6.08 Å². The molecule has 0 aliphatic rings. The van der Waals surface area contributed by atoms with Crippen molar-refractivity contribution in [2.24, 2.45) is 0 Å². The maximum Gasteiger partial charge on any atom is 0.340 e. The number of amides is 1. The van der Waals surface area contributed by atoms with Gasteiger partial charge in [-0.2, -0.15) is 5.26 Å². The van der Waals surface area contributed by atoms with Crippen molar-refractivity contribution < 1.29 is 14.3 Å². The van der Waals surface area contributed by atoms with Gasteiger partial charge in [-0.1, -0.05) is 24.3 Å². The van der Waals surface area contributed by atoms with E-state index in [1.807, 2.05) is 30.3 Å². The number of esters is 1. The maximum atomic E-state index is 12.6. The lowest BCUT2D eigenvalue weighted by atomic mass is 10.1. The zero-order valence-corrected chi connectivity index (χ0v) is 16.9. The molecule has 2 rings (SSSR count). The quantitative estimate of drug-likeness (QED) is 0.413. The molecule has 0 atom stereocenters. The number of nitrogens with zero attached hydrogens (tertiary/aromatic N) is 2. The highest BCUT2D eigenvalue weighted by Gasteiger charge is 2.16. The van der Waals surface area contributed by atoms with Crippen molar-refractivity contribution in [1.29, 1.82) is 5.26 Å². The summed E-state index contributed by atoms with van der Waals surface area (Å²) in [5.41, 5.74) is 2.31. The van der Waals surface area contributed by atoms with Crippen LogP contribution >= 0.6 is 0 Å². The highest BCUT2D eigenvalue weighted by Crippen LogP contribution is 2.19. The van der Waals surface area contributed by atoms with Gasteiger partial charge in [0.25, 0.3) is 5.91 Å². The van der Waals surface area contributed by atoms with Crippen molar-refractivity contribution in [1.82, 2.24) is 0 Å². The van der Waals surface area contributed by atoms with Gasteiger partial charge in [-0.15, -0.1) is 0 Å². The molecule has 29 heavy (non-hydrogen) atoms. The fraction of sp³-hybridized carbons (Fsp3) is 0.261. The van der Waals surface area contributed by atoms with Crippen molar-refractivity contribution >= 4 is 29.3 Å². The van der Waals surface area contributed by atoms with Gasteiger partial charge in [-0.05, 0) is 56.7 Å². The molecule has 0 spiro atoms. The van der Waals surface area contributed by atoms with Gasteiger partial charge < -0.3 is 15.0 Å². The van der Waals surface area contributed by atoms with Crippen molar-refractivity contribution in [2.45, 2.75) is 20.8 Å². The summed E-state index contributed by atoms with van der Waals surface area (Å²) in [4.78, 5) is 26.8. The van der Waals surface area contributed by atoms with Gasteiger partial charge in [0.2, 0.25) is 0 Å². The largest absolute Gasteiger partial charge is 0.462 e. The number of hydrogen-bond acceptors (Lipinski definition) is 5. The normalized spacial score (nSPS) is 10.8. The molecule has 0 unspecified atom stereocenters. The Morgan fingerprint density at radius 1 is 1.07 bits per heavy atom. The van der Waals surface area contributed by atoms with E-state index in [2.05, 4.69) is 24.1 Å². The van der Waals surface area contributed by atoms with Gasteiger partial charge in [0.1, 0.15) is 11.6 Å². The van der Waals surface area contributed by atoms with Crippen LogP contribution in [-0.4, -0.2) is 31.6 Å². The summed E-state index contributed by atoms with van der Waals surface area (Å²) in [5.74, 6) is -1.12. The summed E-state index contributed by atoms with van der Waals surface area (Å²) in [5, 5.41) is 12.1.